The predicted octanol–water partition coefficient (Wildman–Crippen LogP) is 7.78. The van der Waals surface area contributed by atoms with Crippen molar-refractivity contribution in [3.8, 4) is 11.1 Å². The fourth-order valence-electron chi connectivity index (χ4n) is 3.67. The third kappa shape index (κ3) is 2.33. The second-order valence-corrected chi connectivity index (χ2v) is 7.57. The van der Waals surface area contributed by atoms with Gasteiger partial charge in [-0.2, -0.15) is 0 Å². The summed E-state index contributed by atoms with van der Waals surface area (Å²) in [6.07, 6.45) is 2.08. The van der Waals surface area contributed by atoms with Crippen molar-refractivity contribution in [2.45, 2.75) is 4.90 Å². The Labute approximate surface area is 160 Å². The molecule has 0 radical (unpaired) electrons. The molecule has 0 saturated carbocycles. The SMILES string of the molecule is CSc1cc(Cl)ccc1-c1cccc2oc3c4ccccc4ccc3c12. The lowest BCUT2D eigenvalue weighted by atomic mass is 9.98. The second kappa shape index (κ2) is 6.08. The molecule has 5 rings (SSSR count). The standard InChI is InChI=1S/C23H15ClOS/c1-26-21-13-15(24)10-12-17(21)18-7-4-8-20-22(18)19-11-9-14-5-2-3-6-16(14)23(19)25-20/h2-13H,1H3. The normalized spacial score (nSPS) is 11.6. The van der Waals surface area contributed by atoms with Crippen molar-refractivity contribution in [1.82, 2.24) is 0 Å². The quantitative estimate of drug-likeness (QED) is 0.292. The summed E-state index contributed by atoms with van der Waals surface area (Å²) >= 11 is 7.92. The highest BCUT2D eigenvalue weighted by Gasteiger charge is 2.16. The molecule has 1 nitrogen and oxygen atoms in total. The van der Waals surface area contributed by atoms with E-state index in [-0.39, 0.29) is 0 Å². The molecular formula is C23H15ClOS. The van der Waals surface area contributed by atoms with Gasteiger partial charge in [-0.1, -0.05) is 60.1 Å². The van der Waals surface area contributed by atoms with Crippen molar-refractivity contribution in [3.63, 3.8) is 0 Å². The van der Waals surface area contributed by atoms with Gasteiger partial charge >= 0.3 is 0 Å². The number of rotatable bonds is 2. The minimum absolute atomic E-state index is 0.758. The molecule has 0 fully saturated rings. The van der Waals surface area contributed by atoms with Crippen LogP contribution in [0.15, 0.2) is 82.1 Å². The van der Waals surface area contributed by atoms with Gasteiger partial charge in [0.2, 0.25) is 0 Å². The van der Waals surface area contributed by atoms with Crippen LogP contribution in [0, 0.1) is 0 Å². The van der Waals surface area contributed by atoms with Gasteiger partial charge in [0.15, 0.2) is 0 Å². The Balaban J connectivity index is 1.92. The molecule has 3 heteroatoms. The van der Waals surface area contributed by atoms with Gasteiger partial charge < -0.3 is 4.42 Å². The molecule has 0 atom stereocenters. The van der Waals surface area contributed by atoms with E-state index in [1.54, 1.807) is 11.8 Å². The van der Waals surface area contributed by atoms with E-state index in [9.17, 15) is 0 Å². The molecule has 1 heterocycles. The van der Waals surface area contributed by atoms with Crippen LogP contribution in [0.5, 0.6) is 0 Å². The van der Waals surface area contributed by atoms with Crippen molar-refractivity contribution in [1.29, 1.82) is 0 Å². The van der Waals surface area contributed by atoms with Crippen LogP contribution in [0.1, 0.15) is 0 Å². The molecule has 0 aliphatic rings. The maximum atomic E-state index is 6.29. The Morgan fingerprint density at radius 2 is 1.69 bits per heavy atom. The summed E-state index contributed by atoms with van der Waals surface area (Å²) in [5, 5.41) is 5.40. The molecular weight excluding hydrogens is 360 g/mol. The highest BCUT2D eigenvalue weighted by Crippen LogP contribution is 2.42. The lowest BCUT2D eigenvalue weighted by molar-refractivity contribution is 0.673. The molecule has 5 aromatic rings. The highest BCUT2D eigenvalue weighted by molar-refractivity contribution is 7.98. The van der Waals surface area contributed by atoms with Crippen LogP contribution in [0.25, 0.3) is 43.8 Å². The topological polar surface area (TPSA) is 13.1 Å². The Morgan fingerprint density at radius 1 is 0.808 bits per heavy atom. The molecule has 0 aliphatic heterocycles. The number of halogens is 1. The average molecular weight is 375 g/mol. The first-order valence-corrected chi connectivity index (χ1v) is 10.0. The first kappa shape index (κ1) is 15.8. The molecule has 0 aliphatic carbocycles. The fraction of sp³-hybridized carbons (Fsp3) is 0.0435. The lowest BCUT2D eigenvalue weighted by Crippen LogP contribution is -1.84. The lowest BCUT2D eigenvalue weighted by Gasteiger charge is -2.09. The molecule has 0 bridgehead atoms. The number of hydrogen-bond donors (Lipinski definition) is 0. The molecule has 1 aromatic heterocycles. The van der Waals surface area contributed by atoms with Crippen LogP contribution < -0.4 is 0 Å². The van der Waals surface area contributed by atoms with E-state index in [4.69, 9.17) is 16.0 Å². The number of furan rings is 1. The largest absolute Gasteiger partial charge is 0.455 e. The van der Waals surface area contributed by atoms with E-state index in [1.165, 1.54) is 21.4 Å². The van der Waals surface area contributed by atoms with Crippen LogP contribution in [0.3, 0.4) is 0 Å². The monoisotopic (exact) mass is 374 g/mol. The molecule has 26 heavy (non-hydrogen) atoms. The van der Waals surface area contributed by atoms with Gasteiger partial charge in [0, 0.05) is 26.1 Å². The molecule has 0 amide bonds. The minimum Gasteiger partial charge on any atom is -0.455 e. The fourth-order valence-corrected chi connectivity index (χ4v) is 4.55. The third-order valence-corrected chi connectivity index (χ3v) is 5.85. The molecule has 126 valence electrons. The van der Waals surface area contributed by atoms with Crippen molar-refractivity contribution in [2.75, 3.05) is 6.26 Å². The molecule has 4 aromatic carbocycles. The van der Waals surface area contributed by atoms with Gasteiger partial charge in [0.25, 0.3) is 0 Å². The van der Waals surface area contributed by atoms with Gasteiger partial charge in [-0.25, -0.2) is 0 Å². The summed E-state index contributed by atoms with van der Waals surface area (Å²) < 4.78 is 6.29. The summed E-state index contributed by atoms with van der Waals surface area (Å²) in [7, 11) is 0. The average Bonchev–Trinajstić information content (AvgIpc) is 3.07. The van der Waals surface area contributed by atoms with Gasteiger partial charge in [-0.05, 0) is 47.0 Å². The van der Waals surface area contributed by atoms with Crippen molar-refractivity contribution >= 4 is 56.1 Å². The maximum Gasteiger partial charge on any atom is 0.143 e. The highest BCUT2D eigenvalue weighted by atomic mass is 35.5. The second-order valence-electron chi connectivity index (χ2n) is 6.29. The Kier molecular flexibility index (Phi) is 3.70. The van der Waals surface area contributed by atoms with Crippen molar-refractivity contribution in [3.05, 3.63) is 77.8 Å². The summed E-state index contributed by atoms with van der Waals surface area (Å²) in [5.74, 6) is 0. The predicted molar refractivity (Wildman–Crippen MR) is 113 cm³/mol. The Morgan fingerprint density at radius 3 is 2.58 bits per heavy atom. The minimum atomic E-state index is 0.758. The summed E-state index contributed by atoms with van der Waals surface area (Å²) in [4.78, 5) is 1.17. The molecule has 0 N–H and O–H groups in total. The number of benzene rings is 4. The smallest absolute Gasteiger partial charge is 0.143 e. The van der Waals surface area contributed by atoms with Crippen molar-refractivity contribution in [2.24, 2.45) is 0 Å². The Bertz CT molecular complexity index is 1290. The number of thioether (sulfide) groups is 1. The number of fused-ring (bicyclic) bond motifs is 5. The number of hydrogen-bond acceptors (Lipinski definition) is 2. The molecule has 0 spiro atoms. The van der Waals surface area contributed by atoms with Crippen LogP contribution in [0.2, 0.25) is 5.02 Å². The van der Waals surface area contributed by atoms with E-state index < -0.39 is 0 Å². The third-order valence-electron chi connectivity index (χ3n) is 4.84. The van der Waals surface area contributed by atoms with E-state index in [0.29, 0.717) is 0 Å². The first-order valence-electron chi connectivity index (χ1n) is 8.43. The van der Waals surface area contributed by atoms with Crippen LogP contribution in [0.4, 0.5) is 0 Å². The first-order chi connectivity index (χ1) is 12.8. The zero-order valence-electron chi connectivity index (χ0n) is 14.1. The van der Waals surface area contributed by atoms with E-state index in [0.717, 1.165) is 32.3 Å². The summed E-state index contributed by atoms with van der Waals surface area (Å²) in [5.41, 5.74) is 4.22. The summed E-state index contributed by atoms with van der Waals surface area (Å²) in [6, 6.07) is 25.0. The van der Waals surface area contributed by atoms with E-state index >= 15 is 0 Å². The van der Waals surface area contributed by atoms with Gasteiger partial charge in [-0.3, -0.25) is 0 Å². The van der Waals surface area contributed by atoms with Crippen molar-refractivity contribution < 1.29 is 4.42 Å². The Hall–Kier alpha value is -2.42. The zero-order valence-corrected chi connectivity index (χ0v) is 15.7. The van der Waals surface area contributed by atoms with Gasteiger partial charge in [0.1, 0.15) is 11.2 Å². The van der Waals surface area contributed by atoms with Gasteiger partial charge in [-0.15, -0.1) is 11.8 Å². The van der Waals surface area contributed by atoms with E-state index in [2.05, 4.69) is 60.9 Å². The van der Waals surface area contributed by atoms with Crippen LogP contribution >= 0.6 is 23.4 Å². The molecule has 0 saturated heterocycles. The molecule has 0 unspecified atom stereocenters. The van der Waals surface area contributed by atoms with Crippen LogP contribution in [-0.4, -0.2) is 6.26 Å². The maximum absolute atomic E-state index is 6.29. The van der Waals surface area contributed by atoms with E-state index in [1.807, 2.05) is 18.2 Å². The van der Waals surface area contributed by atoms with Gasteiger partial charge in [0.05, 0.1) is 0 Å². The summed E-state index contributed by atoms with van der Waals surface area (Å²) in [6.45, 7) is 0. The zero-order chi connectivity index (χ0) is 17.7. The van der Waals surface area contributed by atoms with Crippen LogP contribution in [-0.2, 0) is 0 Å².